The van der Waals surface area contributed by atoms with Gasteiger partial charge >= 0.3 is 0 Å². The Morgan fingerprint density at radius 1 is 1.14 bits per heavy atom. The minimum absolute atomic E-state index is 0.588. The molecule has 0 unspecified atom stereocenters. The number of hydrogen-bond acceptors (Lipinski definition) is 4. The highest BCUT2D eigenvalue weighted by molar-refractivity contribution is 9.10. The molecule has 0 radical (unpaired) electrons. The van der Waals surface area contributed by atoms with Gasteiger partial charge in [-0.15, -0.1) is 10.2 Å². The van der Waals surface area contributed by atoms with Crippen LogP contribution in [0.25, 0.3) is 11.4 Å². The maximum Gasteiger partial charge on any atom is 0.205 e. The summed E-state index contributed by atoms with van der Waals surface area (Å²) in [6, 6.07) is 15.7. The van der Waals surface area contributed by atoms with Crippen LogP contribution in [0.5, 0.6) is 5.75 Å². The molecule has 0 saturated heterocycles. The Balaban J connectivity index is 1.81. The number of aromatic nitrogens is 4. The lowest BCUT2D eigenvalue weighted by atomic mass is 10.2. The van der Waals surface area contributed by atoms with Crippen LogP contribution in [-0.4, -0.2) is 27.3 Å². The first kappa shape index (κ1) is 13.8. The third-order valence-corrected chi connectivity index (χ3v) is 3.55. The summed E-state index contributed by atoms with van der Waals surface area (Å²) in [5.74, 6) is 1.36. The van der Waals surface area contributed by atoms with Gasteiger partial charge in [-0.25, -0.2) is 0 Å². The highest BCUT2D eigenvalue weighted by atomic mass is 79.9. The summed E-state index contributed by atoms with van der Waals surface area (Å²) in [4.78, 5) is 1.58. The highest BCUT2D eigenvalue weighted by Gasteiger charge is 2.07. The number of tetrazole rings is 1. The van der Waals surface area contributed by atoms with Crippen molar-refractivity contribution in [2.75, 3.05) is 7.11 Å². The monoisotopic (exact) mass is 344 g/mol. The van der Waals surface area contributed by atoms with Gasteiger partial charge in [-0.05, 0) is 35.0 Å². The van der Waals surface area contributed by atoms with E-state index in [-0.39, 0.29) is 0 Å². The van der Waals surface area contributed by atoms with Crippen LogP contribution < -0.4 is 4.74 Å². The zero-order chi connectivity index (χ0) is 14.7. The Bertz CT molecular complexity index is 739. The molecule has 1 aromatic heterocycles. The van der Waals surface area contributed by atoms with Crippen molar-refractivity contribution in [3.05, 3.63) is 58.6 Å². The molecule has 1 heterocycles. The molecule has 0 saturated carbocycles. The van der Waals surface area contributed by atoms with Gasteiger partial charge in [0.05, 0.1) is 13.7 Å². The molecule has 0 bridgehead atoms. The van der Waals surface area contributed by atoms with Crippen LogP contribution in [0.1, 0.15) is 5.56 Å². The lowest BCUT2D eigenvalue weighted by Gasteiger charge is -2.01. The topological polar surface area (TPSA) is 52.8 Å². The van der Waals surface area contributed by atoms with Crippen molar-refractivity contribution in [1.29, 1.82) is 0 Å². The number of ether oxygens (including phenoxy) is 1. The summed E-state index contributed by atoms with van der Waals surface area (Å²) in [5.41, 5.74) is 2.00. The van der Waals surface area contributed by atoms with Crippen molar-refractivity contribution < 1.29 is 4.74 Å². The van der Waals surface area contributed by atoms with E-state index in [1.807, 2.05) is 48.5 Å². The van der Waals surface area contributed by atoms with Gasteiger partial charge in [0, 0.05) is 10.0 Å². The van der Waals surface area contributed by atoms with Gasteiger partial charge in [0.2, 0.25) is 5.82 Å². The van der Waals surface area contributed by atoms with E-state index in [0.717, 1.165) is 21.3 Å². The average molecular weight is 345 g/mol. The first-order valence-corrected chi connectivity index (χ1v) is 7.20. The average Bonchev–Trinajstić information content (AvgIpc) is 2.98. The minimum Gasteiger partial charge on any atom is -0.497 e. The van der Waals surface area contributed by atoms with Crippen LogP contribution in [0.3, 0.4) is 0 Å². The van der Waals surface area contributed by atoms with Crippen molar-refractivity contribution in [3.8, 4) is 17.1 Å². The zero-order valence-electron chi connectivity index (χ0n) is 11.4. The van der Waals surface area contributed by atoms with Crippen molar-refractivity contribution >= 4 is 15.9 Å². The van der Waals surface area contributed by atoms with E-state index in [1.54, 1.807) is 11.9 Å². The molecule has 0 amide bonds. The van der Waals surface area contributed by atoms with E-state index in [2.05, 4.69) is 31.3 Å². The highest BCUT2D eigenvalue weighted by Crippen LogP contribution is 2.20. The molecule has 6 heteroatoms. The van der Waals surface area contributed by atoms with Crippen LogP contribution in [0.2, 0.25) is 0 Å². The van der Waals surface area contributed by atoms with E-state index in [4.69, 9.17) is 4.74 Å². The van der Waals surface area contributed by atoms with Crippen molar-refractivity contribution in [3.63, 3.8) is 0 Å². The van der Waals surface area contributed by atoms with Gasteiger partial charge in [-0.2, -0.15) is 4.80 Å². The Labute approximate surface area is 130 Å². The summed E-state index contributed by atoms with van der Waals surface area (Å²) in [6.07, 6.45) is 0. The molecular weight excluding hydrogens is 332 g/mol. The Morgan fingerprint density at radius 2 is 1.95 bits per heavy atom. The predicted molar refractivity (Wildman–Crippen MR) is 83.0 cm³/mol. The Morgan fingerprint density at radius 3 is 2.71 bits per heavy atom. The molecule has 3 aromatic rings. The summed E-state index contributed by atoms with van der Waals surface area (Å²) in [7, 11) is 1.64. The molecule has 0 fully saturated rings. The normalized spacial score (nSPS) is 10.6. The molecule has 0 aliphatic heterocycles. The lowest BCUT2D eigenvalue weighted by molar-refractivity contribution is 0.415. The van der Waals surface area contributed by atoms with Crippen LogP contribution in [0.4, 0.5) is 0 Å². The second-order valence-electron chi connectivity index (χ2n) is 4.50. The van der Waals surface area contributed by atoms with Gasteiger partial charge in [0.25, 0.3) is 0 Å². The van der Waals surface area contributed by atoms with Crippen molar-refractivity contribution in [1.82, 2.24) is 20.2 Å². The number of rotatable bonds is 4. The van der Waals surface area contributed by atoms with E-state index < -0.39 is 0 Å². The fraction of sp³-hybridized carbons (Fsp3) is 0.133. The molecule has 2 aromatic carbocycles. The Kier molecular flexibility index (Phi) is 3.96. The molecule has 0 aliphatic rings. The SMILES string of the molecule is COc1cccc(-c2nnn(Cc3ccc(Br)cc3)n2)c1. The van der Waals surface area contributed by atoms with Crippen LogP contribution in [0, 0.1) is 0 Å². The minimum atomic E-state index is 0.588. The van der Waals surface area contributed by atoms with Gasteiger partial charge in [-0.1, -0.05) is 40.2 Å². The lowest BCUT2D eigenvalue weighted by Crippen LogP contribution is -2.03. The summed E-state index contributed by atoms with van der Waals surface area (Å²) in [5, 5.41) is 12.6. The van der Waals surface area contributed by atoms with E-state index in [1.165, 1.54) is 0 Å². The third kappa shape index (κ3) is 3.28. The fourth-order valence-electron chi connectivity index (χ4n) is 1.94. The molecule has 3 rings (SSSR count). The van der Waals surface area contributed by atoms with Crippen LogP contribution in [0.15, 0.2) is 53.0 Å². The number of hydrogen-bond donors (Lipinski definition) is 0. The maximum atomic E-state index is 5.20. The molecule has 21 heavy (non-hydrogen) atoms. The van der Waals surface area contributed by atoms with E-state index >= 15 is 0 Å². The quantitative estimate of drug-likeness (QED) is 0.729. The molecule has 0 spiro atoms. The van der Waals surface area contributed by atoms with Gasteiger partial charge < -0.3 is 4.74 Å². The van der Waals surface area contributed by atoms with Gasteiger partial charge in [0.1, 0.15) is 5.75 Å². The number of halogens is 1. The smallest absolute Gasteiger partial charge is 0.205 e. The summed E-state index contributed by atoms with van der Waals surface area (Å²) < 4.78 is 6.25. The standard InChI is InChI=1S/C15H13BrN4O/c1-21-14-4-2-3-12(9-14)15-17-19-20(18-15)10-11-5-7-13(16)8-6-11/h2-9H,10H2,1H3. The van der Waals surface area contributed by atoms with Crippen molar-refractivity contribution in [2.45, 2.75) is 6.54 Å². The summed E-state index contributed by atoms with van der Waals surface area (Å²) >= 11 is 3.42. The van der Waals surface area contributed by atoms with Crippen LogP contribution >= 0.6 is 15.9 Å². The molecule has 106 valence electrons. The molecule has 0 aliphatic carbocycles. The Hall–Kier alpha value is -2.21. The molecule has 0 N–H and O–H groups in total. The fourth-order valence-corrected chi connectivity index (χ4v) is 2.21. The van der Waals surface area contributed by atoms with E-state index in [9.17, 15) is 0 Å². The number of nitrogens with zero attached hydrogens (tertiary/aromatic N) is 4. The predicted octanol–water partition coefficient (Wildman–Crippen LogP) is 3.16. The van der Waals surface area contributed by atoms with Crippen molar-refractivity contribution in [2.24, 2.45) is 0 Å². The van der Waals surface area contributed by atoms with E-state index in [0.29, 0.717) is 12.4 Å². The first-order valence-electron chi connectivity index (χ1n) is 6.41. The van der Waals surface area contributed by atoms with Crippen LogP contribution in [-0.2, 0) is 6.54 Å². The van der Waals surface area contributed by atoms with Gasteiger partial charge in [-0.3, -0.25) is 0 Å². The molecule has 5 nitrogen and oxygen atoms in total. The number of methoxy groups -OCH3 is 1. The molecule has 0 atom stereocenters. The largest absolute Gasteiger partial charge is 0.497 e. The number of benzene rings is 2. The zero-order valence-corrected chi connectivity index (χ0v) is 13.0. The second-order valence-corrected chi connectivity index (χ2v) is 5.42. The maximum absolute atomic E-state index is 5.20. The third-order valence-electron chi connectivity index (χ3n) is 3.02. The molecular formula is C15H13BrN4O. The summed E-state index contributed by atoms with van der Waals surface area (Å²) in [6.45, 7) is 0.588. The first-order chi connectivity index (χ1) is 10.2. The second kappa shape index (κ2) is 6.05. The van der Waals surface area contributed by atoms with Gasteiger partial charge in [0.15, 0.2) is 0 Å².